The summed E-state index contributed by atoms with van der Waals surface area (Å²) in [4.78, 5) is 14.8. The third-order valence-corrected chi connectivity index (χ3v) is 7.29. The van der Waals surface area contributed by atoms with E-state index in [4.69, 9.17) is 0 Å². The molecule has 26 heavy (non-hydrogen) atoms. The molecule has 0 aliphatic heterocycles. The lowest BCUT2D eigenvalue weighted by Gasteiger charge is -2.25. The molecule has 0 aliphatic rings. The van der Waals surface area contributed by atoms with Gasteiger partial charge in [0.25, 0.3) is 0 Å². The Balaban J connectivity index is 2.11. The number of anilines is 1. The van der Waals surface area contributed by atoms with Crippen LogP contribution in [0.1, 0.15) is 44.1 Å². The average molecular weight is 395 g/mol. The molecule has 142 valence electrons. The fourth-order valence-electron chi connectivity index (χ4n) is 2.72. The fraction of sp³-hybridized carbons (Fsp3) is 0.421. The maximum atomic E-state index is 12.4. The molecule has 2 aromatic rings. The van der Waals surface area contributed by atoms with Crippen LogP contribution in [0.4, 0.5) is 5.69 Å². The zero-order valence-corrected chi connectivity index (χ0v) is 17.3. The Kier molecular flexibility index (Phi) is 6.97. The highest BCUT2D eigenvalue weighted by Gasteiger charge is 2.19. The molecule has 0 saturated heterocycles. The number of rotatable bonds is 8. The smallest absolute Gasteiger partial charge is 0.250 e. The summed E-state index contributed by atoms with van der Waals surface area (Å²) in [6.07, 6.45) is 0.810. The molecule has 0 bridgehead atoms. The largest absolute Gasteiger partial charge is 0.311 e. The van der Waals surface area contributed by atoms with E-state index in [1.54, 1.807) is 11.0 Å². The molecule has 1 aromatic carbocycles. The van der Waals surface area contributed by atoms with E-state index in [2.05, 4.69) is 18.6 Å². The van der Waals surface area contributed by atoms with Gasteiger partial charge in [-0.1, -0.05) is 39.0 Å². The molecule has 0 spiro atoms. The van der Waals surface area contributed by atoms with Gasteiger partial charge in [-0.2, -0.15) is 0 Å². The first-order valence-electron chi connectivity index (χ1n) is 8.71. The zero-order chi connectivity index (χ0) is 19.3. The first-order chi connectivity index (χ1) is 12.3. The van der Waals surface area contributed by atoms with Crippen LogP contribution in [0.25, 0.3) is 0 Å². The van der Waals surface area contributed by atoms with E-state index in [0.717, 1.165) is 22.5 Å². The molecule has 2 rings (SSSR count). The highest BCUT2D eigenvalue weighted by atomic mass is 32.2. The summed E-state index contributed by atoms with van der Waals surface area (Å²) in [5, 5.41) is 0. The molecule has 0 unspecified atom stereocenters. The third kappa shape index (κ3) is 4.93. The van der Waals surface area contributed by atoms with Gasteiger partial charge < -0.3 is 4.90 Å². The Morgan fingerprint density at radius 1 is 1.19 bits per heavy atom. The fourth-order valence-corrected chi connectivity index (χ4v) is 5.09. The molecular weight excluding hydrogens is 368 g/mol. The minimum Gasteiger partial charge on any atom is -0.311 e. The lowest BCUT2D eigenvalue weighted by Crippen LogP contribution is -2.38. The van der Waals surface area contributed by atoms with E-state index in [1.807, 2.05) is 37.3 Å². The van der Waals surface area contributed by atoms with E-state index in [9.17, 15) is 13.2 Å². The zero-order valence-electron chi connectivity index (χ0n) is 15.7. The standard InChI is InChI=1S/C19H26N2O3S2/c1-5-16-10-11-19(25-16)26(23,24)20-12-13-21(15(4)22)18-9-7-6-8-17(18)14(2)3/h6-11,14,20H,5,12-13H2,1-4H3. The van der Waals surface area contributed by atoms with Crippen LogP contribution in [0.2, 0.25) is 0 Å². The summed E-state index contributed by atoms with van der Waals surface area (Å²) >= 11 is 1.28. The Hall–Kier alpha value is -1.70. The van der Waals surface area contributed by atoms with Crippen molar-refractivity contribution >= 4 is 33.0 Å². The molecule has 0 aliphatic carbocycles. The van der Waals surface area contributed by atoms with Crippen LogP contribution in [-0.2, 0) is 21.2 Å². The maximum absolute atomic E-state index is 12.4. The van der Waals surface area contributed by atoms with Crippen LogP contribution in [0.3, 0.4) is 0 Å². The molecule has 0 fully saturated rings. The first-order valence-corrected chi connectivity index (χ1v) is 11.0. The summed E-state index contributed by atoms with van der Waals surface area (Å²) in [6.45, 7) is 8.08. The second kappa shape index (κ2) is 8.79. The van der Waals surface area contributed by atoms with Crippen molar-refractivity contribution in [3.8, 4) is 0 Å². The number of carbonyl (C=O) groups is 1. The van der Waals surface area contributed by atoms with E-state index >= 15 is 0 Å². The van der Waals surface area contributed by atoms with E-state index in [0.29, 0.717) is 4.21 Å². The lowest BCUT2D eigenvalue weighted by molar-refractivity contribution is -0.116. The molecule has 0 atom stereocenters. The minimum atomic E-state index is -3.55. The van der Waals surface area contributed by atoms with Crippen molar-refractivity contribution < 1.29 is 13.2 Å². The number of nitrogens with one attached hydrogen (secondary N) is 1. The number of thiophene rings is 1. The second-order valence-electron chi connectivity index (χ2n) is 6.36. The van der Waals surface area contributed by atoms with Crippen LogP contribution < -0.4 is 9.62 Å². The first kappa shape index (κ1) is 20.6. The molecule has 7 heteroatoms. The van der Waals surface area contributed by atoms with Gasteiger partial charge in [0, 0.05) is 30.6 Å². The van der Waals surface area contributed by atoms with Crippen molar-refractivity contribution in [1.29, 1.82) is 0 Å². The number of carbonyl (C=O) groups excluding carboxylic acids is 1. The molecular formula is C19H26N2O3S2. The SMILES string of the molecule is CCc1ccc(S(=O)(=O)NCCN(C(C)=O)c2ccccc2C(C)C)s1. The monoisotopic (exact) mass is 394 g/mol. The van der Waals surface area contributed by atoms with Crippen LogP contribution in [0, 0.1) is 0 Å². The van der Waals surface area contributed by atoms with Crippen molar-refractivity contribution in [2.24, 2.45) is 0 Å². The molecule has 1 aromatic heterocycles. The Morgan fingerprint density at radius 3 is 2.46 bits per heavy atom. The topological polar surface area (TPSA) is 66.5 Å². The molecule has 0 saturated carbocycles. The van der Waals surface area contributed by atoms with Gasteiger partial charge in [-0.25, -0.2) is 13.1 Å². The summed E-state index contributed by atoms with van der Waals surface area (Å²) in [7, 11) is -3.55. The predicted octanol–water partition coefficient (Wildman–Crippen LogP) is 3.77. The van der Waals surface area contributed by atoms with Crippen molar-refractivity contribution in [1.82, 2.24) is 4.72 Å². The van der Waals surface area contributed by atoms with Crippen molar-refractivity contribution in [2.45, 2.75) is 44.2 Å². The average Bonchev–Trinajstić information content (AvgIpc) is 3.08. The minimum absolute atomic E-state index is 0.110. The van der Waals surface area contributed by atoms with Gasteiger partial charge in [0.15, 0.2) is 0 Å². The van der Waals surface area contributed by atoms with Crippen molar-refractivity contribution in [2.75, 3.05) is 18.0 Å². The summed E-state index contributed by atoms with van der Waals surface area (Å²) in [6, 6.07) is 11.2. The van der Waals surface area contributed by atoms with Crippen LogP contribution in [-0.4, -0.2) is 27.4 Å². The molecule has 0 radical (unpaired) electrons. The normalized spacial score (nSPS) is 11.7. The lowest BCUT2D eigenvalue weighted by atomic mass is 10.0. The summed E-state index contributed by atoms with van der Waals surface area (Å²) in [5.41, 5.74) is 1.90. The molecule has 1 heterocycles. The number of amides is 1. The molecule has 1 amide bonds. The van der Waals surface area contributed by atoms with Gasteiger partial charge in [0.05, 0.1) is 0 Å². The highest BCUT2D eigenvalue weighted by molar-refractivity contribution is 7.91. The predicted molar refractivity (Wildman–Crippen MR) is 107 cm³/mol. The quantitative estimate of drug-likeness (QED) is 0.741. The number of hydrogen-bond donors (Lipinski definition) is 1. The highest BCUT2D eigenvalue weighted by Crippen LogP contribution is 2.27. The van der Waals surface area contributed by atoms with E-state index in [1.165, 1.54) is 18.3 Å². The van der Waals surface area contributed by atoms with Gasteiger partial charge >= 0.3 is 0 Å². The van der Waals surface area contributed by atoms with E-state index < -0.39 is 10.0 Å². The maximum Gasteiger partial charge on any atom is 0.250 e. The molecule has 1 N–H and O–H groups in total. The van der Waals surface area contributed by atoms with Gasteiger partial charge in [0.2, 0.25) is 15.9 Å². The molecule has 5 nitrogen and oxygen atoms in total. The third-order valence-electron chi connectivity index (χ3n) is 4.11. The Labute approximate surface area is 160 Å². The van der Waals surface area contributed by atoms with Crippen LogP contribution >= 0.6 is 11.3 Å². The number of hydrogen-bond acceptors (Lipinski definition) is 4. The van der Waals surface area contributed by atoms with Gasteiger partial charge in [-0.15, -0.1) is 11.3 Å². The van der Waals surface area contributed by atoms with Crippen molar-refractivity contribution in [3.63, 3.8) is 0 Å². The van der Waals surface area contributed by atoms with Crippen molar-refractivity contribution in [3.05, 3.63) is 46.8 Å². The number of benzene rings is 1. The summed E-state index contributed by atoms with van der Waals surface area (Å²) < 4.78 is 27.8. The number of para-hydroxylation sites is 1. The number of sulfonamides is 1. The van der Waals surface area contributed by atoms with Gasteiger partial charge in [-0.3, -0.25) is 4.79 Å². The summed E-state index contributed by atoms with van der Waals surface area (Å²) in [5.74, 6) is 0.157. The Morgan fingerprint density at radius 2 is 1.88 bits per heavy atom. The second-order valence-corrected chi connectivity index (χ2v) is 9.52. The van der Waals surface area contributed by atoms with Crippen LogP contribution in [0.5, 0.6) is 0 Å². The van der Waals surface area contributed by atoms with E-state index in [-0.39, 0.29) is 24.9 Å². The number of aryl methyl sites for hydroxylation is 1. The Bertz CT molecular complexity index is 857. The van der Waals surface area contributed by atoms with Gasteiger partial charge in [-0.05, 0) is 36.1 Å². The van der Waals surface area contributed by atoms with Gasteiger partial charge in [0.1, 0.15) is 4.21 Å². The van der Waals surface area contributed by atoms with Crippen LogP contribution in [0.15, 0.2) is 40.6 Å². The number of nitrogens with zero attached hydrogens (tertiary/aromatic N) is 1.